The van der Waals surface area contributed by atoms with E-state index in [1.165, 1.54) is 23.1 Å². The van der Waals surface area contributed by atoms with E-state index >= 15 is 0 Å². The van der Waals surface area contributed by atoms with Gasteiger partial charge in [-0.2, -0.15) is 13.2 Å². The molecule has 22 heavy (non-hydrogen) atoms. The summed E-state index contributed by atoms with van der Waals surface area (Å²) in [5.74, 6) is 0.144. The average Bonchev–Trinajstić information content (AvgIpc) is 2.46. The second-order valence-electron chi connectivity index (χ2n) is 4.86. The van der Waals surface area contributed by atoms with E-state index in [1.54, 1.807) is 32.3 Å². The van der Waals surface area contributed by atoms with Gasteiger partial charge in [-0.3, -0.25) is 4.79 Å². The Bertz CT molecular complexity index is 681. The van der Waals surface area contributed by atoms with Crippen LogP contribution >= 0.6 is 0 Å². The van der Waals surface area contributed by atoms with Crippen LogP contribution in [0.1, 0.15) is 15.9 Å². The predicted octanol–water partition coefficient (Wildman–Crippen LogP) is 4.20. The van der Waals surface area contributed by atoms with Crippen molar-refractivity contribution in [3.8, 4) is 11.5 Å². The highest BCUT2D eigenvalue weighted by Crippen LogP contribution is 2.32. The van der Waals surface area contributed by atoms with Gasteiger partial charge in [0, 0.05) is 19.7 Å². The van der Waals surface area contributed by atoms with Crippen molar-refractivity contribution in [2.45, 2.75) is 6.18 Å². The summed E-state index contributed by atoms with van der Waals surface area (Å²) in [6.45, 7) is 0. The summed E-state index contributed by atoms with van der Waals surface area (Å²) in [7, 11) is 3.23. The van der Waals surface area contributed by atoms with E-state index in [0.717, 1.165) is 12.1 Å². The summed E-state index contributed by atoms with van der Waals surface area (Å²) in [6, 6.07) is 10.9. The van der Waals surface area contributed by atoms with Crippen molar-refractivity contribution in [2.75, 3.05) is 14.1 Å². The Morgan fingerprint density at radius 1 is 1.00 bits per heavy atom. The fourth-order valence-corrected chi connectivity index (χ4v) is 1.82. The average molecular weight is 309 g/mol. The molecule has 0 aliphatic carbocycles. The molecule has 0 atom stereocenters. The minimum Gasteiger partial charge on any atom is -0.457 e. The van der Waals surface area contributed by atoms with Crippen LogP contribution in [-0.4, -0.2) is 24.9 Å². The van der Waals surface area contributed by atoms with E-state index < -0.39 is 11.7 Å². The van der Waals surface area contributed by atoms with Crippen molar-refractivity contribution < 1.29 is 22.7 Å². The molecule has 2 aromatic carbocycles. The van der Waals surface area contributed by atoms with Gasteiger partial charge >= 0.3 is 6.18 Å². The molecule has 0 fully saturated rings. The quantitative estimate of drug-likeness (QED) is 0.850. The Morgan fingerprint density at radius 2 is 1.59 bits per heavy atom. The molecule has 0 heterocycles. The van der Waals surface area contributed by atoms with Crippen molar-refractivity contribution in [1.82, 2.24) is 4.90 Å². The van der Waals surface area contributed by atoms with E-state index in [1.807, 2.05) is 0 Å². The van der Waals surface area contributed by atoms with Gasteiger partial charge in [0.25, 0.3) is 5.91 Å². The summed E-state index contributed by atoms with van der Waals surface area (Å²) in [5, 5.41) is 0. The highest BCUT2D eigenvalue weighted by atomic mass is 19.4. The highest BCUT2D eigenvalue weighted by molar-refractivity contribution is 5.94. The van der Waals surface area contributed by atoms with Crippen LogP contribution in [0.15, 0.2) is 48.5 Å². The zero-order valence-electron chi connectivity index (χ0n) is 12.0. The van der Waals surface area contributed by atoms with E-state index in [-0.39, 0.29) is 11.7 Å². The molecule has 0 radical (unpaired) electrons. The minimum atomic E-state index is -4.43. The fraction of sp³-hybridized carbons (Fsp3) is 0.188. The first-order valence-electron chi connectivity index (χ1n) is 6.44. The number of alkyl halides is 3. The lowest BCUT2D eigenvalue weighted by Crippen LogP contribution is -2.21. The third-order valence-corrected chi connectivity index (χ3v) is 2.88. The molecule has 6 heteroatoms. The number of nitrogens with zero attached hydrogens (tertiary/aromatic N) is 1. The summed E-state index contributed by atoms with van der Waals surface area (Å²) >= 11 is 0. The first-order chi connectivity index (χ1) is 10.3. The van der Waals surface area contributed by atoms with Gasteiger partial charge in [-0.15, -0.1) is 0 Å². The monoisotopic (exact) mass is 309 g/mol. The third-order valence-electron chi connectivity index (χ3n) is 2.88. The van der Waals surface area contributed by atoms with E-state index in [2.05, 4.69) is 0 Å². The van der Waals surface area contributed by atoms with Crippen LogP contribution in [0.25, 0.3) is 0 Å². The summed E-state index contributed by atoms with van der Waals surface area (Å²) < 4.78 is 43.4. The molecule has 0 N–H and O–H groups in total. The number of hydrogen-bond acceptors (Lipinski definition) is 2. The number of carbonyl (C=O) groups is 1. The maximum atomic E-state index is 12.7. The Kier molecular flexibility index (Phi) is 4.40. The minimum absolute atomic E-state index is 0.0595. The van der Waals surface area contributed by atoms with Crippen LogP contribution in [0, 0.1) is 0 Å². The van der Waals surface area contributed by atoms with Gasteiger partial charge in [0.1, 0.15) is 11.5 Å². The second-order valence-corrected chi connectivity index (χ2v) is 4.86. The Labute approximate surface area is 125 Å². The standard InChI is InChI=1S/C16H14F3NO2/c1-20(2)15(21)11-5-3-7-13(9-11)22-14-8-4-6-12(10-14)16(17,18)19/h3-10H,1-2H3. The lowest BCUT2D eigenvalue weighted by Gasteiger charge is -2.12. The molecule has 0 spiro atoms. The number of halogens is 3. The number of ether oxygens (including phenoxy) is 1. The molecule has 116 valence electrons. The first-order valence-corrected chi connectivity index (χ1v) is 6.44. The molecule has 0 saturated carbocycles. The molecule has 0 unspecified atom stereocenters. The van der Waals surface area contributed by atoms with Crippen molar-refractivity contribution >= 4 is 5.91 Å². The van der Waals surface area contributed by atoms with Crippen molar-refractivity contribution in [2.24, 2.45) is 0 Å². The summed E-state index contributed by atoms with van der Waals surface area (Å²) in [6.07, 6.45) is -4.43. The Balaban J connectivity index is 2.25. The summed E-state index contributed by atoms with van der Waals surface area (Å²) in [4.78, 5) is 13.3. The first kappa shape index (κ1) is 15.9. The lowest BCUT2D eigenvalue weighted by molar-refractivity contribution is -0.137. The second kappa shape index (κ2) is 6.09. The number of hydrogen-bond donors (Lipinski definition) is 0. The zero-order valence-corrected chi connectivity index (χ0v) is 12.0. The van der Waals surface area contributed by atoms with Gasteiger partial charge < -0.3 is 9.64 Å². The highest BCUT2D eigenvalue weighted by Gasteiger charge is 2.30. The van der Waals surface area contributed by atoms with Crippen molar-refractivity contribution in [3.63, 3.8) is 0 Å². The molecule has 2 aromatic rings. The number of rotatable bonds is 3. The van der Waals surface area contributed by atoms with Crippen LogP contribution < -0.4 is 4.74 Å². The maximum absolute atomic E-state index is 12.7. The molecule has 1 amide bonds. The molecule has 0 aliphatic heterocycles. The van der Waals surface area contributed by atoms with Gasteiger partial charge in [-0.1, -0.05) is 12.1 Å². The van der Waals surface area contributed by atoms with Gasteiger partial charge in [-0.25, -0.2) is 0 Å². The van der Waals surface area contributed by atoms with Gasteiger partial charge in [0.15, 0.2) is 0 Å². The van der Waals surface area contributed by atoms with Crippen LogP contribution in [0.2, 0.25) is 0 Å². The molecular formula is C16H14F3NO2. The molecule has 0 saturated heterocycles. The van der Waals surface area contributed by atoms with Gasteiger partial charge in [0.2, 0.25) is 0 Å². The molecule has 2 rings (SSSR count). The van der Waals surface area contributed by atoms with Gasteiger partial charge in [-0.05, 0) is 36.4 Å². The SMILES string of the molecule is CN(C)C(=O)c1cccc(Oc2cccc(C(F)(F)F)c2)c1. The van der Waals surface area contributed by atoms with E-state index in [9.17, 15) is 18.0 Å². The Hall–Kier alpha value is -2.50. The molecule has 0 aromatic heterocycles. The lowest BCUT2D eigenvalue weighted by atomic mass is 10.2. The largest absolute Gasteiger partial charge is 0.457 e. The Morgan fingerprint density at radius 3 is 2.18 bits per heavy atom. The van der Waals surface area contributed by atoms with Crippen molar-refractivity contribution in [1.29, 1.82) is 0 Å². The topological polar surface area (TPSA) is 29.5 Å². The normalized spacial score (nSPS) is 11.1. The van der Waals surface area contributed by atoms with Crippen LogP contribution in [0.5, 0.6) is 11.5 Å². The molecular weight excluding hydrogens is 295 g/mol. The van der Waals surface area contributed by atoms with Crippen LogP contribution in [0.4, 0.5) is 13.2 Å². The van der Waals surface area contributed by atoms with Crippen LogP contribution in [-0.2, 0) is 6.18 Å². The zero-order chi connectivity index (χ0) is 16.3. The fourth-order valence-electron chi connectivity index (χ4n) is 1.82. The third kappa shape index (κ3) is 3.78. The smallest absolute Gasteiger partial charge is 0.416 e. The summed E-state index contributed by atoms with van der Waals surface area (Å²) in [5.41, 5.74) is -0.389. The molecule has 0 aliphatic rings. The van der Waals surface area contributed by atoms with Crippen LogP contribution in [0.3, 0.4) is 0 Å². The van der Waals surface area contributed by atoms with Gasteiger partial charge in [0.05, 0.1) is 5.56 Å². The molecule has 0 bridgehead atoms. The number of benzene rings is 2. The maximum Gasteiger partial charge on any atom is 0.416 e. The predicted molar refractivity (Wildman–Crippen MR) is 76.0 cm³/mol. The molecule has 3 nitrogen and oxygen atoms in total. The van der Waals surface area contributed by atoms with Crippen molar-refractivity contribution in [3.05, 3.63) is 59.7 Å². The number of carbonyl (C=O) groups excluding carboxylic acids is 1. The van der Waals surface area contributed by atoms with E-state index in [4.69, 9.17) is 4.74 Å². The van der Waals surface area contributed by atoms with E-state index in [0.29, 0.717) is 11.3 Å². The number of amides is 1.